The third-order valence-electron chi connectivity index (χ3n) is 4.72. The Morgan fingerprint density at radius 3 is 2.71 bits per heavy atom. The predicted molar refractivity (Wildman–Crippen MR) is 107 cm³/mol. The van der Waals surface area contributed by atoms with E-state index in [0.717, 1.165) is 20.7 Å². The smallest absolute Gasteiger partial charge is 0.319 e. The maximum Gasteiger partial charge on any atom is 0.325 e. The van der Waals surface area contributed by atoms with E-state index in [1.165, 1.54) is 11.3 Å². The number of amides is 4. The summed E-state index contributed by atoms with van der Waals surface area (Å²) in [6.45, 7) is 3.25. The van der Waals surface area contributed by atoms with E-state index in [9.17, 15) is 14.4 Å². The molecule has 2 N–H and O–H groups in total. The molecule has 0 bridgehead atoms. The van der Waals surface area contributed by atoms with Crippen LogP contribution in [0.15, 0.2) is 48.5 Å². The number of carbonyl (C=O) groups excluding carboxylic acids is 3. The Morgan fingerprint density at radius 2 is 1.96 bits per heavy atom. The molecule has 1 unspecified atom stereocenters. The molecule has 0 radical (unpaired) electrons. The summed E-state index contributed by atoms with van der Waals surface area (Å²) in [7, 11) is 0. The van der Waals surface area contributed by atoms with Crippen molar-refractivity contribution in [3.05, 3.63) is 59.7 Å². The summed E-state index contributed by atoms with van der Waals surface area (Å²) >= 11 is 1.35. The third-order valence-corrected chi connectivity index (χ3v) is 5.65. The van der Waals surface area contributed by atoms with Gasteiger partial charge in [0.2, 0.25) is 5.91 Å². The number of rotatable bonds is 4. The summed E-state index contributed by atoms with van der Waals surface area (Å²) in [6.07, 6.45) is 0. The van der Waals surface area contributed by atoms with Crippen LogP contribution in [0.5, 0.6) is 0 Å². The molecule has 1 aliphatic heterocycles. The van der Waals surface area contributed by atoms with Crippen molar-refractivity contribution < 1.29 is 14.4 Å². The minimum atomic E-state index is -1.19. The summed E-state index contributed by atoms with van der Waals surface area (Å²) in [5.74, 6) is -0.935. The molecule has 8 heteroatoms. The minimum absolute atomic E-state index is 0.373. The average molecular weight is 394 g/mol. The van der Waals surface area contributed by atoms with Crippen molar-refractivity contribution >= 4 is 44.5 Å². The standard InChI is InChI=1S/C20H18N4O3S/c1-12-8-9-14-15(10-12)28-18(21-14)22-16(25)11-24-17(26)20(2,23-19(24)27)13-6-4-3-5-7-13/h3-10H,11H2,1-2H3,(H,23,27)(H,21,22,25). The van der Waals surface area contributed by atoms with Gasteiger partial charge in [-0.05, 0) is 37.1 Å². The van der Waals surface area contributed by atoms with Crippen molar-refractivity contribution in [3.63, 3.8) is 0 Å². The topological polar surface area (TPSA) is 91.4 Å². The zero-order valence-electron chi connectivity index (χ0n) is 15.4. The fourth-order valence-electron chi connectivity index (χ4n) is 3.20. The molecule has 0 saturated carbocycles. The Labute approximate surface area is 165 Å². The van der Waals surface area contributed by atoms with E-state index in [-0.39, 0.29) is 6.54 Å². The first kappa shape index (κ1) is 18.1. The molecule has 142 valence electrons. The molecule has 1 aliphatic rings. The fraction of sp³-hybridized carbons (Fsp3) is 0.200. The Morgan fingerprint density at radius 1 is 1.21 bits per heavy atom. The second kappa shape index (κ2) is 6.72. The summed E-state index contributed by atoms with van der Waals surface area (Å²) in [4.78, 5) is 42.9. The molecule has 1 fully saturated rings. The zero-order valence-corrected chi connectivity index (χ0v) is 16.2. The van der Waals surface area contributed by atoms with E-state index in [4.69, 9.17) is 0 Å². The van der Waals surface area contributed by atoms with Crippen molar-refractivity contribution in [2.45, 2.75) is 19.4 Å². The second-order valence-corrected chi connectivity index (χ2v) is 7.88. The maximum absolute atomic E-state index is 12.9. The van der Waals surface area contributed by atoms with E-state index >= 15 is 0 Å². The molecule has 1 saturated heterocycles. The van der Waals surface area contributed by atoms with Crippen LogP contribution in [0.2, 0.25) is 0 Å². The molecule has 1 atom stereocenters. The molecular weight excluding hydrogens is 376 g/mol. The van der Waals surface area contributed by atoms with Crippen LogP contribution < -0.4 is 10.6 Å². The summed E-state index contributed by atoms with van der Waals surface area (Å²) in [5, 5.41) is 5.80. The summed E-state index contributed by atoms with van der Waals surface area (Å²) < 4.78 is 0.960. The number of hydrogen-bond donors (Lipinski definition) is 2. The van der Waals surface area contributed by atoms with Gasteiger partial charge >= 0.3 is 6.03 Å². The van der Waals surface area contributed by atoms with Crippen LogP contribution in [0.4, 0.5) is 9.93 Å². The molecule has 2 heterocycles. The van der Waals surface area contributed by atoms with Crippen LogP contribution in [-0.2, 0) is 15.1 Å². The Kier molecular flexibility index (Phi) is 4.35. The lowest BCUT2D eigenvalue weighted by atomic mass is 9.92. The number of fused-ring (bicyclic) bond motifs is 1. The quantitative estimate of drug-likeness (QED) is 0.666. The van der Waals surface area contributed by atoms with Gasteiger partial charge in [0.15, 0.2) is 5.13 Å². The number of carbonyl (C=O) groups is 3. The first-order chi connectivity index (χ1) is 13.4. The Hall–Kier alpha value is -3.26. The van der Waals surface area contributed by atoms with Gasteiger partial charge in [-0.1, -0.05) is 47.7 Å². The molecule has 2 aromatic carbocycles. The monoisotopic (exact) mass is 394 g/mol. The number of anilines is 1. The number of nitrogens with zero attached hydrogens (tertiary/aromatic N) is 2. The third kappa shape index (κ3) is 3.11. The van der Waals surface area contributed by atoms with E-state index in [0.29, 0.717) is 10.7 Å². The van der Waals surface area contributed by atoms with Crippen LogP contribution in [0.1, 0.15) is 18.1 Å². The van der Waals surface area contributed by atoms with Crippen molar-refractivity contribution in [2.75, 3.05) is 11.9 Å². The zero-order chi connectivity index (χ0) is 19.9. The first-order valence-electron chi connectivity index (χ1n) is 8.73. The van der Waals surface area contributed by atoms with E-state index in [1.54, 1.807) is 31.2 Å². The maximum atomic E-state index is 12.9. The highest BCUT2D eigenvalue weighted by Gasteiger charge is 2.49. The number of benzene rings is 2. The van der Waals surface area contributed by atoms with E-state index < -0.39 is 23.4 Å². The average Bonchev–Trinajstić information content (AvgIpc) is 3.15. The molecule has 0 aliphatic carbocycles. The molecule has 3 aromatic rings. The number of aryl methyl sites for hydroxylation is 1. The largest absolute Gasteiger partial charge is 0.325 e. The van der Waals surface area contributed by atoms with Crippen LogP contribution in [-0.4, -0.2) is 34.3 Å². The highest BCUT2D eigenvalue weighted by molar-refractivity contribution is 7.22. The molecule has 4 amide bonds. The van der Waals surface area contributed by atoms with Crippen LogP contribution >= 0.6 is 11.3 Å². The molecular formula is C20H18N4O3S. The van der Waals surface area contributed by atoms with E-state index in [1.807, 2.05) is 31.2 Å². The molecule has 7 nitrogen and oxygen atoms in total. The van der Waals surface area contributed by atoms with Crippen LogP contribution in [0.25, 0.3) is 10.2 Å². The summed E-state index contributed by atoms with van der Waals surface area (Å²) in [5.41, 5.74) is 1.37. The highest BCUT2D eigenvalue weighted by atomic mass is 32.1. The van der Waals surface area contributed by atoms with Crippen LogP contribution in [0, 0.1) is 6.92 Å². The van der Waals surface area contributed by atoms with Gasteiger partial charge in [0, 0.05) is 0 Å². The minimum Gasteiger partial charge on any atom is -0.319 e. The lowest BCUT2D eigenvalue weighted by Gasteiger charge is -2.21. The number of aromatic nitrogens is 1. The molecule has 4 rings (SSSR count). The number of hydrogen-bond acceptors (Lipinski definition) is 5. The lowest BCUT2D eigenvalue weighted by Crippen LogP contribution is -2.42. The van der Waals surface area contributed by atoms with Gasteiger partial charge in [-0.3, -0.25) is 14.5 Å². The van der Waals surface area contributed by atoms with Gasteiger partial charge < -0.3 is 10.6 Å². The number of thiazole rings is 1. The van der Waals surface area contributed by atoms with Crippen molar-refractivity contribution in [3.8, 4) is 0 Å². The van der Waals surface area contributed by atoms with Gasteiger partial charge in [-0.15, -0.1) is 0 Å². The van der Waals surface area contributed by atoms with Gasteiger partial charge in [-0.25, -0.2) is 9.78 Å². The highest BCUT2D eigenvalue weighted by Crippen LogP contribution is 2.29. The van der Waals surface area contributed by atoms with Gasteiger partial charge in [0.1, 0.15) is 12.1 Å². The van der Waals surface area contributed by atoms with E-state index in [2.05, 4.69) is 15.6 Å². The molecule has 1 aromatic heterocycles. The van der Waals surface area contributed by atoms with Crippen molar-refractivity contribution in [2.24, 2.45) is 0 Å². The van der Waals surface area contributed by atoms with Gasteiger partial charge in [-0.2, -0.15) is 0 Å². The molecule has 28 heavy (non-hydrogen) atoms. The van der Waals surface area contributed by atoms with Gasteiger partial charge in [0.05, 0.1) is 10.2 Å². The van der Waals surface area contributed by atoms with Gasteiger partial charge in [0.25, 0.3) is 5.91 Å². The normalized spacial score (nSPS) is 19.1. The Bertz CT molecular complexity index is 1100. The number of urea groups is 1. The Balaban J connectivity index is 1.49. The number of nitrogens with one attached hydrogen (secondary N) is 2. The number of imide groups is 1. The molecule has 0 spiro atoms. The van der Waals surface area contributed by atoms with Crippen LogP contribution in [0.3, 0.4) is 0 Å². The summed E-state index contributed by atoms with van der Waals surface area (Å²) in [6, 6.07) is 14.2. The van der Waals surface area contributed by atoms with Crippen molar-refractivity contribution in [1.29, 1.82) is 0 Å². The SMILES string of the molecule is Cc1ccc2nc(NC(=O)CN3C(=O)NC(C)(c4ccccc4)C3=O)sc2c1. The fourth-order valence-corrected chi connectivity index (χ4v) is 4.18. The predicted octanol–water partition coefficient (Wildman–Crippen LogP) is 3.01. The second-order valence-electron chi connectivity index (χ2n) is 6.85. The first-order valence-corrected chi connectivity index (χ1v) is 9.55. The van der Waals surface area contributed by atoms with Crippen molar-refractivity contribution in [1.82, 2.24) is 15.2 Å². The lowest BCUT2D eigenvalue weighted by molar-refractivity contribution is -0.133.